The number of piperazine rings is 1. The zero-order chi connectivity index (χ0) is 24.4. The molecule has 0 unspecified atom stereocenters. The van der Waals surface area contributed by atoms with Gasteiger partial charge in [0, 0.05) is 61.3 Å². The van der Waals surface area contributed by atoms with Gasteiger partial charge in [-0.1, -0.05) is 17.7 Å². The van der Waals surface area contributed by atoms with Gasteiger partial charge in [-0.25, -0.2) is 9.97 Å². The van der Waals surface area contributed by atoms with Crippen LogP contribution >= 0.6 is 47.8 Å². The quantitative estimate of drug-likeness (QED) is 0.372. The Morgan fingerprint density at radius 3 is 2.62 bits per heavy atom. The standard InChI is InChI=1S/C25H29ClN6O2S.2ClH/c1-16(33)32-12-10-31(11-13-32)9-3-8-27-25-28-15-20(26)23(30-25)22-14-19-18(4-2-5-21(19)35-22)24(34)29-17-6-7-17;;/h2,4-5,14-15,17H,3,6-13H2,1H3,(H,29,34)(H,27,28,30);2*1H. The second-order valence-corrected chi connectivity index (χ2v) is 10.6. The van der Waals surface area contributed by atoms with E-state index in [1.807, 2.05) is 29.2 Å². The van der Waals surface area contributed by atoms with Crippen molar-refractivity contribution in [2.75, 3.05) is 44.6 Å². The fraction of sp³-hybridized carbons (Fsp3) is 0.440. The van der Waals surface area contributed by atoms with Crippen LogP contribution in [0.5, 0.6) is 0 Å². The molecular weight excluding hydrogens is 555 g/mol. The average molecular weight is 586 g/mol. The maximum Gasteiger partial charge on any atom is 0.252 e. The van der Waals surface area contributed by atoms with Gasteiger partial charge >= 0.3 is 0 Å². The molecule has 5 rings (SSSR count). The van der Waals surface area contributed by atoms with E-state index in [0.717, 1.165) is 73.5 Å². The molecule has 3 aromatic rings. The van der Waals surface area contributed by atoms with Crippen LogP contribution in [0.3, 0.4) is 0 Å². The van der Waals surface area contributed by atoms with Crippen molar-refractivity contribution < 1.29 is 9.59 Å². The fourth-order valence-electron chi connectivity index (χ4n) is 4.28. The van der Waals surface area contributed by atoms with E-state index >= 15 is 0 Å². The van der Waals surface area contributed by atoms with Gasteiger partial charge in [-0.3, -0.25) is 14.5 Å². The molecule has 0 radical (unpaired) electrons. The first-order valence-electron chi connectivity index (χ1n) is 12.1. The van der Waals surface area contributed by atoms with E-state index in [2.05, 4.69) is 25.5 Å². The van der Waals surface area contributed by atoms with Gasteiger partial charge in [0.05, 0.1) is 16.1 Å². The first kappa shape index (κ1) is 29.4. The normalized spacial score (nSPS) is 15.6. The molecular formula is C25H31Cl3N6O2S. The molecule has 1 aromatic carbocycles. The molecule has 0 spiro atoms. The number of amides is 2. The molecule has 2 fully saturated rings. The molecule has 1 saturated heterocycles. The molecule has 12 heteroatoms. The summed E-state index contributed by atoms with van der Waals surface area (Å²) in [6, 6.07) is 8.11. The van der Waals surface area contributed by atoms with Crippen molar-refractivity contribution in [1.29, 1.82) is 0 Å². The number of nitrogens with zero attached hydrogens (tertiary/aromatic N) is 4. The molecule has 1 aliphatic carbocycles. The van der Waals surface area contributed by atoms with Crippen LogP contribution in [0.4, 0.5) is 5.95 Å². The van der Waals surface area contributed by atoms with Crippen LogP contribution in [0, 0.1) is 0 Å². The summed E-state index contributed by atoms with van der Waals surface area (Å²) >= 11 is 8.05. The summed E-state index contributed by atoms with van der Waals surface area (Å²) < 4.78 is 1.03. The van der Waals surface area contributed by atoms with Crippen LogP contribution in [0.2, 0.25) is 5.02 Å². The molecule has 2 N–H and O–H groups in total. The molecule has 1 aliphatic heterocycles. The summed E-state index contributed by atoms with van der Waals surface area (Å²) in [5, 5.41) is 7.78. The van der Waals surface area contributed by atoms with E-state index < -0.39 is 0 Å². The Morgan fingerprint density at radius 1 is 1.16 bits per heavy atom. The Kier molecular flexibility index (Phi) is 10.4. The highest BCUT2D eigenvalue weighted by atomic mass is 35.5. The van der Waals surface area contributed by atoms with Crippen molar-refractivity contribution in [1.82, 2.24) is 25.1 Å². The molecule has 8 nitrogen and oxygen atoms in total. The number of aromatic nitrogens is 2. The number of hydrogen-bond acceptors (Lipinski definition) is 7. The molecule has 1 saturated carbocycles. The Morgan fingerprint density at radius 2 is 1.92 bits per heavy atom. The number of thiophene rings is 1. The van der Waals surface area contributed by atoms with Crippen molar-refractivity contribution in [2.24, 2.45) is 0 Å². The SMILES string of the molecule is CC(=O)N1CCN(CCCNc2ncc(Cl)c(-c3cc4c(C(=O)NC5CC5)cccc4s3)n2)CC1.Cl.Cl. The minimum Gasteiger partial charge on any atom is -0.354 e. The van der Waals surface area contributed by atoms with Crippen molar-refractivity contribution in [3.63, 3.8) is 0 Å². The molecule has 2 amide bonds. The third kappa shape index (κ3) is 7.23. The maximum absolute atomic E-state index is 12.7. The van der Waals surface area contributed by atoms with Crippen LogP contribution in [-0.4, -0.2) is 76.9 Å². The third-order valence-corrected chi connectivity index (χ3v) is 7.83. The van der Waals surface area contributed by atoms with Crippen molar-refractivity contribution in [2.45, 2.75) is 32.2 Å². The zero-order valence-electron chi connectivity index (χ0n) is 20.5. The lowest BCUT2D eigenvalue weighted by Crippen LogP contribution is -2.48. The van der Waals surface area contributed by atoms with E-state index in [0.29, 0.717) is 28.3 Å². The monoisotopic (exact) mass is 584 g/mol. The first-order chi connectivity index (χ1) is 17.0. The molecule has 200 valence electrons. The van der Waals surface area contributed by atoms with Gasteiger partial charge in [0.2, 0.25) is 11.9 Å². The lowest BCUT2D eigenvalue weighted by Gasteiger charge is -2.34. The van der Waals surface area contributed by atoms with Gasteiger partial charge in [-0.05, 0) is 44.0 Å². The second kappa shape index (κ2) is 13.1. The third-order valence-electron chi connectivity index (χ3n) is 6.45. The van der Waals surface area contributed by atoms with E-state index in [-0.39, 0.29) is 36.6 Å². The van der Waals surface area contributed by atoms with E-state index in [9.17, 15) is 9.59 Å². The predicted molar refractivity (Wildman–Crippen MR) is 155 cm³/mol. The number of rotatable bonds is 8. The first-order valence-corrected chi connectivity index (χ1v) is 13.3. The Balaban J connectivity index is 0.00000190. The van der Waals surface area contributed by atoms with Crippen LogP contribution in [0.25, 0.3) is 20.7 Å². The number of hydrogen-bond donors (Lipinski definition) is 2. The number of fused-ring (bicyclic) bond motifs is 1. The maximum atomic E-state index is 12.7. The smallest absolute Gasteiger partial charge is 0.252 e. The number of nitrogens with one attached hydrogen (secondary N) is 2. The number of benzene rings is 1. The predicted octanol–water partition coefficient (Wildman–Crippen LogP) is 4.71. The number of carbonyl (C=O) groups excluding carboxylic acids is 2. The lowest BCUT2D eigenvalue weighted by molar-refractivity contribution is -0.130. The highest BCUT2D eigenvalue weighted by Crippen LogP contribution is 2.37. The molecule has 0 bridgehead atoms. The Labute approximate surface area is 238 Å². The minimum absolute atomic E-state index is 0. The molecule has 0 atom stereocenters. The minimum atomic E-state index is -0.0266. The van der Waals surface area contributed by atoms with Gasteiger partial charge in [0.25, 0.3) is 5.91 Å². The molecule has 3 heterocycles. The Hall–Kier alpha value is -2.17. The topological polar surface area (TPSA) is 90.5 Å². The molecule has 2 aliphatic rings. The van der Waals surface area contributed by atoms with Gasteiger partial charge in [0.15, 0.2) is 0 Å². The van der Waals surface area contributed by atoms with E-state index in [1.54, 1.807) is 24.5 Å². The van der Waals surface area contributed by atoms with Crippen molar-refractivity contribution >= 4 is 75.6 Å². The van der Waals surface area contributed by atoms with Gasteiger partial charge in [-0.2, -0.15) is 0 Å². The number of anilines is 1. The van der Waals surface area contributed by atoms with Crippen molar-refractivity contribution in [3.8, 4) is 10.6 Å². The van der Waals surface area contributed by atoms with Crippen LogP contribution < -0.4 is 10.6 Å². The van der Waals surface area contributed by atoms with Crippen molar-refractivity contribution in [3.05, 3.63) is 41.0 Å². The lowest BCUT2D eigenvalue weighted by atomic mass is 10.1. The zero-order valence-corrected chi connectivity index (χ0v) is 23.7. The highest BCUT2D eigenvalue weighted by Gasteiger charge is 2.25. The largest absolute Gasteiger partial charge is 0.354 e. The summed E-state index contributed by atoms with van der Waals surface area (Å²) in [6.07, 6.45) is 4.68. The van der Waals surface area contributed by atoms with Crippen LogP contribution in [0.1, 0.15) is 36.5 Å². The van der Waals surface area contributed by atoms with Crippen LogP contribution in [0.15, 0.2) is 30.5 Å². The summed E-state index contributed by atoms with van der Waals surface area (Å²) in [6.45, 7) is 6.75. The molecule has 2 aromatic heterocycles. The fourth-order valence-corrected chi connectivity index (χ4v) is 5.62. The second-order valence-electron chi connectivity index (χ2n) is 9.09. The summed E-state index contributed by atoms with van der Waals surface area (Å²) in [5.41, 5.74) is 1.35. The summed E-state index contributed by atoms with van der Waals surface area (Å²) in [4.78, 5) is 38.4. The van der Waals surface area contributed by atoms with E-state index in [4.69, 9.17) is 11.6 Å². The highest BCUT2D eigenvalue weighted by molar-refractivity contribution is 7.22. The summed E-state index contributed by atoms with van der Waals surface area (Å²) in [7, 11) is 0. The average Bonchev–Trinajstić information content (AvgIpc) is 3.56. The Bertz CT molecular complexity index is 1240. The number of carbonyl (C=O) groups is 2. The van der Waals surface area contributed by atoms with E-state index in [1.165, 1.54) is 0 Å². The van der Waals surface area contributed by atoms with Crippen LogP contribution in [-0.2, 0) is 4.79 Å². The van der Waals surface area contributed by atoms with Gasteiger partial charge in [-0.15, -0.1) is 36.2 Å². The summed E-state index contributed by atoms with van der Waals surface area (Å²) in [5.74, 6) is 0.662. The van der Waals surface area contributed by atoms with Gasteiger partial charge in [0.1, 0.15) is 5.69 Å². The van der Waals surface area contributed by atoms with Gasteiger partial charge < -0.3 is 15.5 Å². The molecule has 37 heavy (non-hydrogen) atoms. The number of halogens is 3.